The van der Waals surface area contributed by atoms with Crippen molar-refractivity contribution in [2.75, 3.05) is 13.1 Å². The number of hydrogen-bond donors (Lipinski definition) is 0. The second kappa shape index (κ2) is 7.87. The molecular weight excluding hydrogens is 336 g/mol. The summed E-state index contributed by atoms with van der Waals surface area (Å²) in [6, 6.07) is 11.3. The van der Waals surface area contributed by atoms with Gasteiger partial charge < -0.3 is 9.47 Å². The van der Waals surface area contributed by atoms with Crippen molar-refractivity contribution >= 4 is 17.5 Å². The topological polar surface area (TPSA) is 42.3 Å². The van der Waals surface area contributed by atoms with Crippen molar-refractivity contribution in [1.82, 2.24) is 9.47 Å². The Bertz CT molecular complexity index is 807. The van der Waals surface area contributed by atoms with Gasteiger partial charge in [-0.25, -0.2) is 0 Å². The minimum atomic E-state index is -0.0574. The number of nitrogens with zero attached hydrogens (tertiary/aromatic N) is 2. The van der Waals surface area contributed by atoms with Gasteiger partial charge in [0.25, 0.3) is 0 Å². The number of rotatable bonds is 4. The summed E-state index contributed by atoms with van der Waals surface area (Å²) in [5, 5.41) is 0.780. The number of pyridine rings is 1. The van der Waals surface area contributed by atoms with E-state index in [-0.39, 0.29) is 11.5 Å². The van der Waals surface area contributed by atoms with Gasteiger partial charge in [-0.15, -0.1) is 0 Å². The normalized spacial score (nSPS) is 15.4. The molecule has 1 fully saturated rings. The van der Waals surface area contributed by atoms with E-state index in [9.17, 15) is 9.59 Å². The lowest BCUT2D eigenvalue weighted by Crippen LogP contribution is -2.39. The van der Waals surface area contributed by atoms with Crippen molar-refractivity contribution in [2.24, 2.45) is 13.0 Å². The molecule has 0 atom stereocenters. The molecule has 0 radical (unpaired) electrons. The maximum absolute atomic E-state index is 12.5. The van der Waals surface area contributed by atoms with Gasteiger partial charge in [-0.1, -0.05) is 29.8 Å². The number of hydrogen-bond acceptors (Lipinski definition) is 2. The minimum Gasteiger partial charge on any atom is -0.342 e. The largest absolute Gasteiger partial charge is 0.342 e. The van der Waals surface area contributed by atoms with E-state index in [1.54, 1.807) is 19.3 Å². The zero-order valence-electron chi connectivity index (χ0n) is 14.5. The van der Waals surface area contributed by atoms with Gasteiger partial charge in [-0.3, -0.25) is 9.59 Å². The van der Waals surface area contributed by atoms with E-state index in [4.69, 9.17) is 11.6 Å². The Kier molecular flexibility index (Phi) is 5.59. The van der Waals surface area contributed by atoms with Crippen LogP contribution < -0.4 is 5.56 Å². The number of carbonyl (C=O) groups excluding carboxylic acids is 1. The number of aryl methyl sites for hydroxylation is 1. The van der Waals surface area contributed by atoms with Crippen molar-refractivity contribution < 1.29 is 4.79 Å². The van der Waals surface area contributed by atoms with Crippen LogP contribution in [0, 0.1) is 5.92 Å². The molecule has 0 N–H and O–H groups in total. The first-order valence-corrected chi connectivity index (χ1v) is 9.07. The first kappa shape index (κ1) is 17.7. The zero-order chi connectivity index (χ0) is 17.8. The predicted molar refractivity (Wildman–Crippen MR) is 99.8 cm³/mol. The van der Waals surface area contributed by atoms with E-state index in [0.29, 0.717) is 12.3 Å². The van der Waals surface area contributed by atoms with E-state index in [1.807, 2.05) is 23.1 Å². The van der Waals surface area contributed by atoms with Crippen molar-refractivity contribution in [3.63, 3.8) is 0 Å². The average Bonchev–Trinajstić information content (AvgIpc) is 2.59. The predicted octanol–water partition coefficient (Wildman–Crippen LogP) is 3.06. The molecule has 0 saturated carbocycles. The number of likely N-dealkylation sites (tertiary alicyclic amines) is 1. The summed E-state index contributed by atoms with van der Waals surface area (Å²) in [6.07, 6.45) is 5.15. The number of piperidine rings is 1. The lowest BCUT2D eigenvalue weighted by atomic mass is 9.90. The fraction of sp³-hybridized carbons (Fsp3) is 0.400. The van der Waals surface area contributed by atoms with Crippen LogP contribution in [0.4, 0.5) is 0 Å². The van der Waals surface area contributed by atoms with Gasteiger partial charge in [0.05, 0.1) is 6.42 Å². The standard InChI is InChI=1S/C20H23ClN2O2/c1-22-14-17(5-6-19(22)24)13-20(25)23-9-7-15(8-10-23)11-16-3-2-4-18(21)12-16/h2-6,12,14-15H,7-11,13H2,1H3. The van der Waals surface area contributed by atoms with Gasteiger partial charge in [0, 0.05) is 37.4 Å². The average molecular weight is 359 g/mol. The number of benzene rings is 1. The van der Waals surface area contributed by atoms with Gasteiger partial charge in [0.15, 0.2) is 0 Å². The molecule has 5 heteroatoms. The van der Waals surface area contributed by atoms with Crippen molar-refractivity contribution in [1.29, 1.82) is 0 Å². The molecule has 25 heavy (non-hydrogen) atoms. The number of carbonyl (C=O) groups is 1. The Hall–Kier alpha value is -2.07. The van der Waals surface area contributed by atoms with Crippen LogP contribution in [0.15, 0.2) is 47.4 Å². The summed E-state index contributed by atoms with van der Waals surface area (Å²) in [7, 11) is 1.71. The second-order valence-corrected chi connectivity index (χ2v) is 7.26. The third-order valence-electron chi connectivity index (χ3n) is 4.88. The summed E-state index contributed by atoms with van der Waals surface area (Å²) >= 11 is 6.05. The summed E-state index contributed by atoms with van der Waals surface area (Å²) in [5.74, 6) is 0.736. The molecule has 0 unspecified atom stereocenters. The summed E-state index contributed by atoms with van der Waals surface area (Å²) in [6.45, 7) is 1.60. The molecule has 4 nitrogen and oxygen atoms in total. The molecule has 0 bridgehead atoms. The number of halogens is 1. The van der Waals surface area contributed by atoms with E-state index in [0.717, 1.165) is 42.9 Å². The van der Waals surface area contributed by atoms with Crippen LogP contribution in [0.5, 0.6) is 0 Å². The highest BCUT2D eigenvalue weighted by Gasteiger charge is 2.23. The van der Waals surface area contributed by atoms with Crippen LogP contribution in [-0.2, 0) is 24.7 Å². The van der Waals surface area contributed by atoms with E-state index >= 15 is 0 Å². The Morgan fingerprint density at radius 3 is 2.60 bits per heavy atom. The van der Waals surface area contributed by atoms with Crippen LogP contribution in [0.2, 0.25) is 5.02 Å². The molecule has 1 aliphatic rings. The van der Waals surface area contributed by atoms with Crippen molar-refractivity contribution in [3.05, 3.63) is 69.1 Å². The molecule has 1 aliphatic heterocycles. The van der Waals surface area contributed by atoms with E-state index in [2.05, 4.69) is 6.07 Å². The minimum absolute atomic E-state index is 0.0574. The third kappa shape index (κ3) is 4.73. The highest BCUT2D eigenvalue weighted by molar-refractivity contribution is 6.30. The number of amides is 1. The monoisotopic (exact) mass is 358 g/mol. The highest BCUT2D eigenvalue weighted by atomic mass is 35.5. The molecule has 1 amide bonds. The summed E-state index contributed by atoms with van der Waals surface area (Å²) in [4.78, 5) is 25.9. The zero-order valence-corrected chi connectivity index (χ0v) is 15.2. The Morgan fingerprint density at radius 1 is 1.16 bits per heavy atom. The van der Waals surface area contributed by atoms with E-state index < -0.39 is 0 Å². The second-order valence-electron chi connectivity index (χ2n) is 6.82. The smallest absolute Gasteiger partial charge is 0.250 e. The van der Waals surface area contributed by atoms with Crippen LogP contribution >= 0.6 is 11.6 Å². The van der Waals surface area contributed by atoms with Gasteiger partial charge in [-0.2, -0.15) is 0 Å². The fourth-order valence-electron chi connectivity index (χ4n) is 3.43. The van der Waals surface area contributed by atoms with Crippen molar-refractivity contribution in [3.8, 4) is 0 Å². The molecule has 1 saturated heterocycles. The van der Waals surface area contributed by atoms with Crippen molar-refractivity contribution in [2.45, 2.75) is 25.7 Å². The Labute approximate surface area is 153 Å². The molecule has 2 heterocycles. The molecule has 0 aliphatic carbocycles. The quantitative estimate of drug-likeness (QED) is 0.843. The third-order valence-corrected chi connectivity index (χ3v) is 5.12. The molecule has 132 valence electrons. The molecule has 1 aromatic carbocycles. The van der Waals surface area contributed by atoms with Crippen LogP contribution in [0.1, 0.15) is 24.0 Å². The maximum atomic E-state index is 12.5. The fourth-order valence-corrected chi connectivity index (χ4v) is 3.64. The summed E-state index contributed by atoms with van der Waals surface area (Å²) < 4.78 is 1.51. The van der Waals surface area contributed by atoms with Gasteiger partial charge in [0.1, 0.15) is 0 Å². The van der Waals surface area contributed by atoms with Crippen LogP contribution in [0.3, 0.4) is 0 Å². The van der Waals surface area contributed by atoms with Gasteiger partial charge >= 0.3 is 0 Å². The summed E-state index contributed by atoms with van der Waals surface area (Å²) in [5.41, 5.74) is 2.09. The first-order valence-electron chi connectivity index (χ1n) is 8.69. The molecule has 0 spiro atoms. The molecule has 1 aromatic heterocycles. The highest BCUT2D eigenvalue weighted by Crippen LogP contribution is 2.23. The van der Waals surface area contributed by atoms with E-state index in [1.165, 1.54) is 16.2 Å². The molecule has 3 rings (SSSR count). The maximum Gasteiger partial charge on any atom is 0.250 e. The number of aromatic nitrogens is 1. The molecule has 2 aromatic rings. The van der Waals surface area contributed by atoms with Crippen LogP contribution in [0.25, 0.3) is 0 Å². The molecular formula is C20H23ClN2O2. The Morgan fingerprint density at radius 2 is 1.92 bits per heavy atom. The first-order chi connectivity index (χ1) is 12.0. The van der Waals surface area contributed by atoms with Crippen LogP contribution in [-0.4, -0.2) is 28.5 Å². The van der Waals surface area contributed by atoms with Gasteiger partial charge in [-0.05, 0) is 48.4 Å². The lowest BCUT2D eigenvalue weighted by molar-refractivity contribution is -0.131. The SMILES string of the molecule is Cn1cc(CC(=O)N2CCC(Cc3cccc(Cl)c3)CC2)ccc1=O. The lowest BCUT2D eigenvalue weighted by Gasteiger charge is -2.32. The Balaban J connectivity index is 1.52. The van der Waals surface area contributed by atoms with Gasteiger partial charge in [0.2, 0.25) is 11.5 Å².